The fourth-order valence-corrected chi connectivity index (χ4v) is 4.14. The molecule has 0 saturated heterocycles. The van der Waals surface area contributed by atoms with Crippen LogP contribution in [0.25, 0.3) is 0 Å². The van der Waals surface area contributed by atoms with Crippen molar-refractivity contribution in [2.45, 2.75) is 43.8 Å². The lowest BCUT2D eigenvalue weighted by molar-refractivity contribution is 0.314. The Kier molecular flexibility index (Phi) is 4.16. The Morgan fingerprint density at radius 3 is 2.82 bits per heavy atom. The third-order valence-electron chi connectivity index (χ3n) is 3.35. The first-order valence-electron chi connectivity index (χ1n) is 6.56. The topological polar surface area (TPSA) is 12.0 Å². The first kappa shape index (κ1) is 13.0. The van der Waals surface area contributed by atoms with Crippen LogP contribution < -0.4 is 5.32 Å². The van der Waals surface area contributed by atoms with E-state index < -0.39 is 0 Å². The lowest BCUT2D eigenvalue weighted by Crippen LogP contribution is -2.31. The van der Waals surface area contributed by atoms with Crippen molar-refractivity contribution in [3.05, 3.63) is 29.8 Å². The molecule has 2 heteroatoms. The molecule has 0 fully saturated rings. The second-order valence-corrected chi connectivity index (χ2v) is 7.04. The normalized spacial score (nSPS) is 19.4. The number of thioether (sulfide) groups is 1. The Morgan fingerprint density at radius 2 is 2.12 bits per heavy atom. The molecule has 1 aromatic rings. The van der Waals surface area contributed by atoms with E-state index in [-0.39, 0.29) is 0 Å². The molecule has 1 atom stereocenters. The van der Waals surface area contributed by atoms with Gasteiger partial charge in [0.1, 0.15) is 0 Å². The molecular formula is C15H23NS. The molecule has 1 aliphatic heterocycles. The minimum absolute atomic E-state index is 0.399. The number of hydrogen-bond donors (Lipinski definition) is 1. The summed E-state index contributed by atoms with van der Waals surface area (Å²) in [5.74, 6) is 0. The van der Waals surface area contributed by atoms with Gasteiger partial charge < -0.3 is 5.32 Å². The highest BCUT2D eigenvalue weighted by molar-refractivity contribution is 8.00. The Bertz CT molecular complexity index is 348. The number of rotatable bonds is 5. The molecular weight excluding hydrogens is 226 g/mol. The highest BCUT2D eigenvalue weighted by Crippen LogP contribution is 2.41. The van der Waals surface area contributed by atoms with Crippen molar-refractivity contribution in [2.24, 2.45) is 5.41 Å². The van der Waals surface area contributed by atoms with Crippen molar-refractivity contribution in [1.29, 1.82) is 0 Å². The molecule has 17 heavy (non-hydrogen) atoms. The van der Waals surface area contributed by atoms with Gasteiger partial charge in [-0.2, -0.15) is 0 Å². The molecule has 0 amide bonds. The van der Waals surface area contributed by atoms with Crippen LogP contribution in [0.3, 0.4) is 0 Å². The third-order valence-corrected chi connectivity index (χ3v) is 4.67. The first-order chi connectivity index (χ1) is 8.11. The molecule has 0 aromatic heterocycles. The standard InChI is InChI=1S/C15H23NS/c1-4-16-11-15(2,3)10-13-9-12-7-5-6-8-14(12)17-13/h5-8,13,16H,4,9-11H2,1-3H3. The first-order valence-corrected chi connectivity index (χ1v) is 7.44. The van der Waals surface area contributed by atoms with Crippen molar-refractivity contribution >= 4 is 11.8 Å². The second kappa shape index (κ2) is 5.45. The molecule has 1 aromatic carbocycles. The number of fused-ring (bicyclic) bond motifs is 1. The van der Waals surface area contributed by atoms with Crippen LogP contribution in [0.15, 0.2) is 29.2 Å². The number of hydrogen-bond acceptors (Lipinski definition) is 2. The van der Waals surface area contributed by atoms with Crippen LogP contribution >= 0.6 is 11.8 Å². The molecule has 1 aliphatic rings. The zero-order chi connectivity index (χ0) is 12.3. The SMILES string of the molecule is CCNCC(C)(C)CC1Cc2ccccc2S1. The van der Waals surface area contributed by atoms with Crippen LogP contribution in [0.2, 0.25) is 0 Å². The highest BCUT2D eigenvalue weighted by atomic mass is 32.2. The van der Waals surface area contributed by atoms with Crippen LogP contribution in [-0.4, -0.2) is 18.3 Å². The molecule has 0 spiro atoms. The van der Waals surface area contributed by atoms with Crippen molar-refractivity contribution < 1.29 is 0 Å². The van der Waals surface area contributed by atoms with Gasteiger partial charge in [0.2, 0.25) is 0 Å². The molecule has 0 radical (unpaired) electrons. The lowest BCUT2D eigenvalue weighted by Gasteiger charge is -2.27. The van der Waals surface area contributed by atoms with Crippen LogP contribution in [0.5, 0.6) is 0 Å². The van der Waals surface area contributed by atoms with E-state index in [0.29, 0.717) is 5.41 Å². The minimum atomic E-state index is 0.399. The Labute approximate surface area is 109 Å². The molecule has 1 heterocycles. The van der Waals surface area contributed by atoms with E-state index in [1.54, 1.807) is 5.56 Å². The van der Waals surface area contributed by atoms with E-state index >= 15 is 0 Å². The molecule has 2 rings (SSSR count). The summed E-state index contributed by atoms with van der Waals surface area (Å²) in [5, 5.41) is 4.24. The summed E-state index contributed by atoms with van der Waals surface area (Å²) < 4.78 is 0. The summed E-state index contributed by atoms with van der Waals surface area (Å²) in [5.41, 5.74) is 1.94. The summed E-state index contributed by atoms with van der Waals surface area (Å²) in [6, 6.07) is 8.85. The summed E-state index contributed by atoms with van der Waals surface area (Å²) in [6.07, 6.45) is 2.54. The maximum Gasteiger partial charge on any atom is 0.0141 e. The van der Waals surface area contributed by atoms with E-state index in [1.807, 2.05) is 0 Å². The van der Waals surface area contributed by atoms with Gasteiger partial charge in [0.15, 0.2) is 0 Å². The second-order valence-electron chi connectivity index (χ2n) is 5.70. The largest absolute Gasteiger partial charge is 0.316 e. The fraction of sp³-hybridized carbons (Fsp3) is 0.600. The predicted molar refractivity (Wildman–Crippen MR) is 76.7 cm³/mol. The average molecular weight is 249 g/mol. The van der Waals surface area contributed by atoms with E-state index in [1.165, 1.54) is 17.7 Å². The molecule has 0 bridgehead atoms. The predicted octanol–water partition coefficient (Wildman–Crippen LogP) is 3.73. The van der Waals surface area contributed by atoms with E-state index in [2.05, 4.69) is 62.1 Å². The van der Waals surface area contributed by atoms with Gasteiger partial charge in [-0.1, -0.05) is 39.0 Å². The van der Waals surface area contributed by atoms with Gasteiger partial charge in [-0.15, -0.1) is 11.8 Å². The lowest BCUT2D eigenvalue weighted by atomic mass is 9.86. The molecule has 1 unspecified atom stereocenters. The van der Waals surface area contributed by atoms with Crippen LogP contribution in [-0.2, 0) is 6.42 Å². The van der Waals surface area contributed by atoms with Crippen molar-refractivity contribution in [3.8, 4) is 0 Å². The van der Waals surface area contributed by atoms with Crippen LogP contribution in [0.1, 0.15) is 32.8 Å². The van der Waals surface area contributed by atoms with Gasteiger partial charge in [-0.3, -0.25) is 0 Å². The molecule has 1 nitrogen and oxygen atoms in total. The molecule has 1 N–H and O–H groups in total. The maximum absolute atomic E-state index is 3.47. The van der Waals surface area contributed by atoms with Gasteiger partial charge in [-0.25, -0.2) is 0 Å². The van der Waals surface area contributed by atoms with Gasteiger partial charge in [0.25, 0.3) is 0 Å². The zero-order valence-electron chi connectivity index (χ0n) is 11.1. The fourth-order valence-electron chi connectivity index (χ4n) is 2.52. The molecule has 0 saturated carbocycles. The maximum atomic E-state index is 3.47. The van der Waals surface area contributed by atoms with Gasteiger partial charge in [-0.05, 0) is 36.4 Å². The van der Waals surface area contributed by atoms with Gasteiger partial charge in [0, 0.05) is 16.7 Å². The molecule has 94 valence electrons. The summed E-state index contributed by atoms with van der Waals surface area (Å²) in [4.78, 5) is 1.50. The minimum Gasteiger partial charge on any atom is -0.316 e. The van der Waals surface area contributed by atoms with E-state index in [9.17, 15) is 0 Å². The summed E-state index contributed by atoms with van der Waals surface area (Å²) in [6.45, 7) is 9.12. The van der Waals surface area contributed by atoms with E-state index in [0.717, 1.165) is 18.3 Å². The highest BCUT2D eigenvalue weighted by Gasteiger charge is 2.28. The Hall–Kier alpha value is -0.470. The van der Waals surface area contributed by atoms with E-state index in [4.69, 9.17) is 0 Å². The number of benzene rings is 1. The van der Waals surface area contributed by atoms with Crippen molar-refractivity contribution in [1.82, 2.24) is 5.32 Å². The van der Waals surface area contributed by atoms with Crippen LogP contribution in [0, 0.1) is 5.41 Å². The smallest absolute Gasteiger partial charge is 0.0141 e. The Morgan fingerprint density at radius 1 is 1.35 bits per heavy atom. The van der Waals surface area contributed by atoms with Crippen molar-refractivity contribution in [3.63, 3.8) is 0 Å². The Balaban J connectivity index is 1.91. The third kappa shape index (κ3) is 3.49. The quantitative estimate of drug-likeness (QED) is 0.853. The average Bonchev–Trinajstić information content (AvgIpc) is 2.67. The van der Waals surface area contributed by atoms with Gasteiger partial charge >= 0.3 is 0 Å². The number of nitrogens with one attached hydrogen (secondary N) is 1. The molecule has 0 aliphatic carbocycles. The van der Waals surface area contributed by atoms with Crippen molar-refractivity contribution in [2.75, 3.05) is 13.1 Å². The monoisotopic (exact) mass is 249 g/mol. The van der Waals surface area contributed by atoms with Crippen LogP contribution in [0.4, 0.5) is 0 Å². The summed E-state index contributed by atoms with van der Waals surface area (Å²) >= 11 is 2.07. The zero-order valence-corrected chi connectivity index (χ0v) is 11.9. The summed E-state index contributed by atoms with van der Waals surface area (Å²) in [7, 11) is 0. The van der Waals surface area contributed by atoms with Gasteiger partial charge in [0.05, 0.1) is 0 Å².